The maximum Gasteiger partial charge on any atom is 0.306 e. The minimum Gasteiger partial charge on any atom is -0.462 e. The van der Waals surface area contributed by atoms with Crippen molar-refractivity contribution in [1.29, 1.82) is 0 Å². The first-order chi connectivity index (χ1) is 37.5. The highest BCUT2D eigenvalue weighted by Crippen LogP contribution is 2.16. The van der Waals surface area contributed by atoms with Crippen molar-refractivity contribution in [1.82, 2.24) is 0 Å². The lowest BCUT2D eigenvalue weighted by molar-refractivity contribution is -0.167. The molecule has 76 heavy (non-hydrogen) atoms. The fourth-order valence-corrected chi connectivity index (χ4v) is 8.81. The van der Waals surface area contributed by atoms with Gasteiger partial charge in [-0.1, -0.05) is 284 Å². The average molecular weight is 1060 g/mol. The monoisotopic (exact) mass is 1050 g/mol. The zero-order valence-corrected chi connectivity index (χ0v) is 49.7. The first-order valence-corrected chi connectivity index (χ1v) is 31.9. The lowest BCUT2D eigenvalue weighted by Crippen LogP contribution is -2.30. The molecule has 1 unspecified atom stereocenters. The molecule has 0 aromatic heterocycles. The number of esters is 3. The number of ether oxygens (including phenoxy) is 3. The summed E-state index contributed by atoms with van der Waals surface area (Å²) < 4.78 is 16.8. The molecular formula is C70H118O6. The van der Waals surface area contributed by atoms with E-state index in [0.29, 0.717) is 19.3 Å². The third kappa shape index (κ3) is 60.9. The molecule has 0 aliphatic rings. The molecule has 0 aliphatic carbocycles. The van der Waals surface area contributed by atoms with Crippen LogP contribution < -0.4 is 0 Å². The summed E-state index contributed by atoms with van der Waals surface area (Å²) in [4.78, 5) is 38.1. The second-order valence-corrected chi connectivity index (χ2v) is 20.9. The fourth-order valence-electron chi connectivity index (χ4n) is 8.81. The van der Waals surface area contributed by atoms with Gasteiger partial charge >= 0.3 is 17.9 Å². The minimum absolute atomic E-state index is 0.0817. The maximum atomic E-state index is 12.9. The zero-order valence-electron chi connectivity index (χ0n) is 49.7. The molecule has 0 saturated heterocycles. The van der Waals surface area contributed by atoms with Gasteiger partial charge in [-0.15, -0.1) is 0 Å². The molecule has 0 aliphatic heterocycles. The smallest absolute Gasteiger partial charge is 0.306 e. The summed E-state index contributed by atoms with van der Waals surface area (Å²) >= 11 is 0. The van der Waals surface area contributed by atoms with Gasteiger partial charge in [0.05, 0.1) is 0 Å². The largest absolute Gasteiger partial charge is 0.462 e. The second-order valence-electron chi connectivity index (χ2n) is 20.9. The molecule has 0 aromatic carbocycles. The maximum absolute atomic E-state index is 12.9. The lowest BCUT2D eigenvalue weighted by atomic mass is 10.0. The molecule has 0 N–H and O–H groups in total. The van der Waals surface area contributed by atoms with Crippen LogP contribution in [0.25, 0.3) is 0 Å². The zero-order chi connectivity index (χ0) is 55.0. The number of unbranched alkanes of at least 4 members (excludes halogenated alkanes) is 28. The van der Waals surface area contributed by atoms with Crippen LogP contribution in [0.3, 0.4) is 0 Å². The number of hydrogen-bond acceptors (Lipinski definition) is 6. The Morgan fingerprint density at radius 1 is 0.276 bits per heavy atom. The summed E-state index contributed by atoms with van der Waals surface area (Å²) in [5, 5.41) is 0. The van der Waals surface area contributed by atoms with Gasteiger partial charge < -0.3 is 14.2 Å². The topological polar surface area (TPSA) is 78.9 Å². The number of carbonyl (C=O) groups excluding carboxylic acids is 3. The van der Waals surface area contributed by atoms with Crippen LogP contribution in [0.4, 0.5) is 0 Å². The van der Waals surface area contributed by atoms with E-state index in [-0.39, 0.29) is 31.1 Å². The predicted octanol–water partition coefficient (Wildman–Crippen LogP) is 21.8. The van der Waals surface area contributed by atoms with Gasteiger partial charge in [-0.2, -0.15) is 0 Å². The fraction of sp³-hybridized carbons (Fsp3) is 0.700. The second kappa shape index (κ2) is 63.6. The highest BCUT2D eigenvalue weighted by Gasteiger charge is 2.19. The number of carbonyl (C=O) groups is 3. The molecule has 0 rings (SSSR count). The van der Waals surface area contributed by atoms with Gasteiger partial charge in [0.15, 0.2) is 6.10 Å². The molecule has 0 bridgehead atoms. The lowest BCUT2D eigenvalue weighted by Gasteiger charge is -2.18. The van der Waals surface area contributed by atoms with Crippen LogP contribution in [-0.2, 0) is 28.6 Å². The molecule has 6 nitrogen and oxygen atoms in total. The van der Waals surface area contributed by atoms with Crippen LogP contribution >= 0.6 is 0 Å². The Morgan fingerprint density at radius 2 is 0.513 bits per heavy atom. The molecule has 0 spiro atoms. The molecule has 434 valence electrons. The van der Waals surface area contributed by atoms with Crippen molar-refractivity contribution < 1.29 is 28.6 Å². The van der Waals surface area contributed by atoms with E-state index < -0.39 is 6.10 Å². The number of rotatable bonds is 57. The first kappa shape index (κ1) is 72.1. The summed E-state index contributed by atoms with van der Waals surface area (Å²) in [7, 11) is 0. The number of allylic oxidation sites excluding steroid dienone is 18. The van der Waals surface area contributed by atoms with E-state index >= 15 is 0 Å². The highest BCUT2D eigenvalue weighted by atomic mass is 16.6. The Labute approximate surface area is 470 Å². The van der Waals surface area contributed by atoms with Crippen molar-refractivity contribution in [2.24, 2.45) is 0 Å². The van der Waals surface area contributed by atoms with E-state index in [1.165, 1.54) is 128 Å². The van der Waals surface area contributed by atoms with E-state index in [4.69, 9.17) is 14.2 Å². The molecule has 0 fully saturated rings. The van der Waals surface area contributed by atoms with Gasteiger partial charge in [0.1, 0.15) is 13.2 Å². The Morgan fingerprint density at radius 3 is 0.803 bits per heavy atom. The molecule has 0 radical (unpaired) electrons. The van der Waals surface area contributed by atoms with Crippen molar-refractivity contribution in [3.8, 4) is 0 Å². The van der Waals surface area contributed by atoms with Crippen molar-refractivity contribution >= 4 is 17.9 Å². The van der Waals surface area contributed by atoms with E-state index in [0.717, 1.165) is 128 Å². The molecule has 0 aromatic rings. The van der Waals surface area contributed by atoms with Gasteiger partial charge in [-0.25, -0.2) is 0 Å². The van der Waals surface area contributed by atoms with Gasteiger partial charge in [-0.3, -0.25) is 14.4 Å². The van der Waals surface area contributed by atoms with Gasteiger partial charge in [0, 0.05) is 19.3 Å². The van der Waals surface area contributed by atoms with Crippen molar-refractivity contribution in [3.05, 3.63) is 109 Å². The SMILES string of the molecule is CC/C=C\C/C=C\C/C=C\C/C=C\C/C=C\CCCCCCCCCCCCCCCCCC(=O)OCC(COC(=O)CCCCCCCCCC)OC(=O)CCCCCCCC/C=C\C/C=C\C/C=C\C/C=C\CC. The molecular weight excluding hydrogens is 937 g/mol. The van der Waals surface area contributed by atoms with Crippen LogP contribution in [0.5, 0.6) is 0 Å². The Kier molecular flexibility index (Phi) is 60.3. The molecule has 0 saturated carbocycles. The van der Waals surface area contributed by atoms with Crippen LogP contribution in [0.15, 0.2) is 109 Å². The average Bonchev–Trinajstić information content (AvgIpc) is 3.42. The first-order valence-electron chi connectivity index (χ1n) is 31.9. The summed E-state index contributed by atoms with van der Waals surface area (Å²) in [5.41, 5.74) is 0. The molecule has 1 atom stereocenters. The molecule has 0 heterocycles. The van der Waals surface area contributed by atoms with E-state index in [2.05, 4.69) is 130 Å². The Bertz CT molecular complexity index is 1540. The summed E-state index contributed by atoms with van der Waals surface area (Å²) in [6.07, 6.45) is 86.9. The summed E-state index contributed by atoms with van der Waals surface area (Å²) in [5.74, 6) is -0.893. The van der Waals surface area contributed by atoms with E-state index in [1.807, 2.05) is 0 Å². The summed E-state index contributed by atoms with van der Waals surface area (Å²) in [6, 6.07) is 0. The van der Waals surface area contributed by atoms with Crippen LogP contribution in [0, 0.1) is 0 Å². The van der Waals surface area contributed by atoms with Crippen molar-refractivity contribution in [2.75, 3.05) is 13.2 Å². The van der Waals surface area contributed by atoms with E-state index in [9.17, 15) is 14.4 Å². The minimum atomic E-state index is -0.784. The van der Waals surface area contributed by atoms with Crippen LogP contribution in [0.1, 0.15) is 297 Å². The summed E-state index contributed by atoms with van der Waals surface area (Å²) in [6.45, 7) is 6.39. The van der Waals surface area contributed by atoms with Crippen LogP contribution in [-0.4, -0.2) is 37.2 Å². The third-order valence-corrected chi connectivity index (χ3v) is 13.5. The Hall–Kier alpha value is -3.93. The van der Waals surface area contributed by atoms with Crippen molar-refractivity contribution in [3.63, 3.8) is 0 Å². The normalized spacial score (nSPS) is 12.8. The Balaban J connectivity index is 4.13. The molecule has 6 heteroatoms. The van der Waals surface area contributed by atoms with Gasteiger partial charge in [-0.05, 0) is 103 Å². The number of hydrogen-bond donors (Lipinski definition) is 0. The predicted molar refractivity (Wildman–Crippen MR) is 330 cm³/mol. The van der Waals surface area contributed by atoms with Crippen molar-refractivity contribution in [2.45, 2.75) is 303 Å². The van der Waals surface area contributed by atoms with E-state index in [1.54, 1.807) is 0 Å². The highest BCUT2D eigenvalue weighted by molar-refractivity contribution is 5.71. The van der Waals surface area contributed by atoms with Gasteiger partial charge in [0.2, 0.25) is 0 Å². The standard InChI is InChI=1S/C70H118O6/c1-4-7-10-13-16-19-21-23-25-27-29-30-31-32-33-34-35-36-37-38-39-40-42-43-45-47-49-51-54-57-60-63-69(72)75-66-67(65-74-68(71)62-59-56-53-18-15-12-9-6-3)76-70(73)64-61-58-55-52-50-48-46-44-41-28-26-24-22-20-17-14-11-8-5-2/h7-8,10-11,16-17,19-20,23-26,29-30,32-33,41,44,67H,4-6,9,12-15,18,21-22,27-28,31,34-40,42-43,45-66H2,1-3H3/b10-7-,11-8-,19-16-,20-17-,25-23-,26-24-,30-29-,33-32-,44-41-. The quantitative estimate of drug-likeness (QED) is 0.0261. The van der Waals surface area contributed by atoms with Gasteiger partial charge in [0.25, 0.3) is 0 Å². The third-order valence-electron chi connectivity index (χ3n) is 13.5. The van der Waals surface area contributed by atoms with Crippen LogP contribution in [0.2, 0.25) is 0 Å². The molecule has 0 amide bonds.